The van der Waals surface area contributed by atoms with E-state index in [9.17, 15) is 18.3 Å². The summed E-state index contributed by atoms with van der Waals surface area (Å²) in [6.45, 7) is 10.3. The molecule has 1 amide bonds. The number of phenols is 1. The monoisotopic (exact) mass is 494 g/mol. The van der Waals surface area contributed by atoms with Crippen molar-refractivity contribution in [2.45, 2.75) is 51.5 Å². The molecule has 0 aromatic heterocycles. The molecule has 0 fully saturated rings. The number of likely N-dealkylation sites (N-methyl/N-ethyl adjacent to an activating group) is 1. The van der Waals surface area contributed by atoms with Crippen LogP contribution in [0.2, 0.25) is 0 Å². The predicted molar refractivity (Wildman–Crippen MR) is 140 cm³/mol. The molecule has 35 heavy (non-hydrogen) atoms. The zero-order valence-electron chi connectivity index (χ0n) is 21.0. The van der Waals surface area contributed by atoms with Crippen LogP contribution in [0.25, 0.3) is 0 Å². The Morgan fingerprint density at radius 1 is 0.943 bits per heavy atom. The first kappa shape index (κ1) is 26.3. The van der Waals surface area contributed by atoms with Gasteiger partial charge in [0.1, 0.15) is 12.3 Å². The number of hydrogen-bond acceptors (Lipinski definition) is 4. The number of aromatic hydroxyl groups is 1. The van der Waals surface area contributed by atoms with Crippen LogP contribution in [0.3, 0.4) is 0 Å². The van der Waals surface area contributed by atoms with Crippen molar-refractivity contribution in [3.8, 4) is 5.75 Å². The fourth-order valence-corrected chi connectivity index (χ4v) is 5.17. The third-order valence-corrected chi connectivity index (χ3v) is 7.72. The molecule has 186 valence electrons. The van der Waals surface area contributed by atoms with Crippen LogP contribution in [0.15, 0.2) is 77.7 Å². The van der Waals surface area contributed by atoms with Gasteiger partial charge < -0.3 is 10.0 Å². The average Bonchev–Trinajstić information content (AvgIpc) is 2.81. The second-order valence-corrected chi connectivity index (χ2v) is 11.6. The summed E-state index contributed by atoms with van der Waals surface area (Å²) in [6, 6.07) is 20.6. The first-order valence-electron chi connectivity index (χ1n) is 11.7. The second kappa shape index (κ2) is 10.5. The van der Waals surface area contributed by atoms with Crippen LogP contribution in [0.4, 0.5) is 5.69 Å². The highest BCUT2D eigenvalue weighted by atomic mass is 32.2. The SMILES string of the molecule is CCN(Cc1cccc(O)c1)C(=O)CN(c1ccc(C)cc1)S(=O)(=O)c1ccc(C(C)(C)C)cc1. The maximum absolute atomic E-state index is 13.8. The summed E-state index contributed by atoms with van der Waals surface area (Å²) in [5.41, 5.74) is 3.10. The highest BCUT2D eigenvalue weighted by molar-refractivity contribution is 7.92. The molecular weight excluding hydrogens is 460 g/mol. The minimum atomic E-state index is -4.00. The number of rotatable bonds is 8. The zero-order valence-corrected chi connectivity index (χ0v) is 21.8. The van der Waals surface area contributed by atoms with E-state index >= 15 is 0 Å². The van der Waals surface area contributed by atoms with Gasteiger partial charge in [-0.25, -0.2) is 8.42 Å². The lowest BCUT2D eigenvalue weighted by Crippen LogP contribution is -2.42. The van der Waals surface area contributed by atoms with Gasteiger partial charge >= 0.3 is 0 Å². The van der Waals surface area contributed by atoms with Crippen LogP contribution in [-0.2, 0) is 26.8 Å². The zero-order chi connectivity index (χ0) is 25.8. The van der Waals surface area contributed by atoms with Gasteiger partial charge in [0.2, 0.25) is 5.91 Å². The van der Waals surface area contributed by atoms with Crippen LogP contribution in [0.1, 0.15) is 44.4 Å². The third kappa shape index (κ3) is 6.42. The molecular formula is C28H34N2O4S. The van der Waals surface area contributed by atoms with Gasteiger partial charge in [0.25, 0.3) is 10.0 Å². The fraction of sp³-hybridized carbons (Fsp3) is 0.321. The normalized spacial score (nSPS) is 11.8. The lowest BCUT2D eigenvalue weighted by molar-refractivity contribution is -0.129. The molecule has 0 spiro atoms. The van der Waals surface area contributed by atoms with E-state index in [0.717, 1.165) is 16.7 Å². The van der Waals surface area contributed by atoms with E-state index in [1.807, 2.05) is 44.2 Å². The van der Waals surface area contributed by atoms with Crippen molar-refractivity contribution in [2.75, 3.05) is 17.4 Å². The number of aryl methyl sites for hydroxylation is 1. The Bertz CT molecular complexity index is 1260. The van der Waals surface area contributed by atoms with Crippen molar-refractivity contribution in [2.24, 2.45) is 0 Å². The Morgan fingerprint density at radius 2 is 1.57 bits per heavy atom. The number of anilines is 1. The molecule has 3 rings (SSSR count). The first-order valence-corrected chi connectivity index (χ1v) is 13.1. The van der Waals surface area contributed by atoms with Crippen LogP contribution < -0.4 is 4.31 Å². The fourth-order valence-electron chi connectivity index (χ4n) is 3.75. The van der Waals surface area contributed by atoms with Gasteiger partial charge in [0.15, 0.2) is 0 Å². The van der Waals surface area contributed by atoms with E-state index in [1.54, 1.807) is 47.4 Å². The summed E-state index contributed by atoms with van der Waals surface area (Å²) in [4.78, 5) is 15.0. The molecule has 3 aromatic carbocycles. The van der Waals surface area contributed by atoms with Gasteiger partial charge in [0, 0.05) is 13.1 Å². The van der Waals surface area contributed by atoms with E-state index < -0.39 is 10.0 Å². The quantitative estimate of drug-likeness (QED) is 0.464. The molecule has 0 saturated heterocycles. The van der Waals surface area contributed by atoms with Gasteiger partial charge in [-0.05, 0) is 66.8 Å². The van der Waals surface area contributed by atoms with Crippen molar-refractivity contribution in [1.82, 2.24) is 4.90 Å². The average molecular weight is 495 g/mol. The number of amides is 1. The maximum Gasteiger partial charge on any atom is 0.264 e. The highest BCUT2D eigenvalue weighted by Crippen LogP contribution is 2.28. The summed E-state index contributed by atoms with van der Waals surface area (Å²) in [5, 5.41) is 9.77. The summed E-state index contributed by atoms with van der Waals surface area (Å²) in [6.07, 6.45) is 0. The van der Waals surface area contributed by atoms with Gasteiger partial charge in [-0.3, -0.25) is 9.10 Å². The Balaban J connectivity index is 1.95. The molecule has 3 aromatic rings. The number of sulfonamides is 1. The molecule has 0 saturated carbocycles. The summed E-state index contributed by atoms with van der Waals surface area (Å²) in [7, 11) is -4.00. The third-order valence-electron chi connectivity index (χ3n) is 5.93. The molecule has 0 aliphatic heterocycles. The Hall–Kier alpha value is -3.32. The topological polar surface area (TPSA) is 77.9 Å². The number of carbonyl (C=O) groups excluding carboxylic acids is 1. The molecule has 7 heteroatoms. The lowest BCUT2D eigenvalue weighted by Gasteiger charge is -2.28. The lowest BCUT2D eigenvalue weighted by atomic mass is 9.87. The van der Waals surface area contributed by atoms with Gasteiger partial charge in [-0.1, -0.05) is 62.7 Å². The van der Waals surface area contributed by atoms with Crippen molar-refractivity contribution >= 4 is 21.6 Å². The molecule has 0 radical (unpaired) electrons. The van der Waals surface area contributed by atoms with Crippen LogP contribution in [-0.4, -0.2) is 37.4 Å². The number of hydrogen-bond donors (Lipinski definition) is 1. The summed E-state index contributed by atoms with van der Waals surface area (Å²) >= 11 is 0. The van der Waals surface area contributed by atoms with Crippen molar-refractivity contribution < 1.29 is 18.3 Å². The van der Waals surface area contributed by atoms with E-state index in [1.165, 1.54) is 4.31 Å². The molecule has 0 unspecified atom stereocenters. The first-order chi connectivity index (χ1) is 16.4. The number of nitrogens with zero attached hydrogens (tertiary/aromatic N) is 2. The van der Waals surface area contributed by atoms with Gasteiger partial charge in [0.05, 0.1) is 10.6 Å². The molecule has 0 atom stereocenters. The Labute approximate surface area is 208 Å². The van der Waals surface area contributed by atoms with E-state index in [0.29, 0.717) is 12.2 Å². The molecule has 0 heterocycles. The van der Waals surface area contributed by atoms with Crippen molar-refractivity contribution in [1.29, 1.82) is 0 Å². The van der Waals surface area contributed by atoms with Crippen LogP contribution in [0, 0.1) is 6.92 Å². The largest absolute Gasteiger partial charge is 0.508 e. The van der Waals surface area contributed by atoms with Crippen LogP contribution >= 0.6 is 0 Å². The van der Waals surface area contributed by atoms with Crippen molar-refractivity contribution in [3.63, 3.8) is 0 Å². The minimum absolute atomic E-state index is 0.109. The van der Waals surface area contributed by atoms with E-state index in [2.05, 4.69) is 20.8 Å². The van der Waals surface area contributed by atoms with Crippen molar-refractivity contribution in [3.05, 3.63) is 89.5 Å². The maximum atomic E-state index is 13.8. The van der Waals surface area contributed by atoms with E-state index in [-0.39, 0.29) is 35.1 Å². The number of carbonyl (C=O) groups is 1. The molecule has 0 bridgehead atoms. The second-order valence-electron chi connectivity index (χ2n) is 9.70. The van der Waals surface area contributed by atoms with E-state index in [4.69, 9.17) is 0 Å². The smallest absolute Gasteiger partial charge is 0.264 e. The Morgan fingerprint density at radius 3 is 2.11 bits per heavy atom. The predicted octanol–water partition coefficient (Wildman–Crippen LogP) is 5.24. The van der Waals surface area contributed by atoms with Crippen LogP contribution in [0.5, 0.6) is 5.75 Å². The molecule has 0 aliphatic carbocycles. The van der Waals surface area contributed by atoms with Gasteiger partial charge in [-0.15, -0.1) is 0 Å². The Kier molecular flexibility index (Phi) is 7.90. The highest BCUT2D eigenvalue weighted by Gasteiger charge is 2.29. The summed E-state index contributed by atoms with van der Waals surface area (Å²) < 4.78 is 28.7. The van der Waals surface area contributed by atoms with Gasteiger partial charge in [-0.2, -0.15) is 0 Å². The summed E-state index contributed by atoms with van der Waals surface area (Å²) in [5.74, 6) is -0.208. The minimum Gasteiger partial charge on any atom is -0.508 e. The molecule has 6 nitrogen and oxygen atoms in total. The number of benzene rings is 3. The standard InChI is InChI=1S/C28H34N2O4S/c1-6-29(19-22-8-7-9-25(31)18-22)27(32)20-30(24-14-10-21(2)11-15-24)35(33,34)26-16-12-23(13-17-26)28(3,4)5/h7-18,31H,6,19-20H2,1-5H3. The molecule has 1 N–H and O–H groups in total. The molecule has 0 aliphatic rings. The number of phenolic OH excluding ortho intramolecular Hbond substituents is 1.